The highest BCUT2D eigenvalue weighted by molar-refractivity contribution is 5.89. The highest BCUT2D eigenvalue weighted by Gasteiger charge is 2.32. The van der Waals surface area contributed by atoms with Crippen LogP contribution in [0.25, 0.3) is 0 Å². The molecule has 0 aliphatic carbocycles. The molecule has 4 heteroatoms. The van der Waals surface area contributed by atoms with Crippen LogP contribution in [0.4, 0.5) is 0 Å². The van der Waals surface area contributed by atoms with Crippen LogP contribution in [-0.4, -0.2) is 28.3 Å². The quantitative estimate of drug-likeness (QED) is 0.458. The maximum Gasteiger partial charge on any atom is 0.243 e. The number of benzene rings is 3. The van der Waals surface area contributed by atoms with Gasteiger partial charge in [-0.15, -0.1) is 0 Å². The van der Waals surface area contributed by atoms with Crippen LogP contribution >= 0.6 is 0 Å². The molecule has 0 bridgehead atoms. The lowest BCUT2D eigenvalue weighted by atomic mass is 9.99. The predicted molar refractivity (Wildman–Crippen MR) is 143 cm³/mol. The third kappa shape index (κ3) is 7.81. The van der Waals surface area contributed by atoms with Crippen molar-refractivity contribution in [3.8, 4) is 0 Å². The van der Waals surface area contributed by atoms with Gasteiger partial charge in [0.25, 0.3) is 0 Å². The molecule has 184 valence electrons. The number of hydrogen-bond acceptors (Lipinski definition) is 2. The molecule has 0 unspecified atom stereocenters. The first kappa shape index (κ1) is 26.2. The third-order valence-corrected chi connectivity index (χ3v) is 6.17. The van der Waals surface area contributed by atoms with E-state index in [-0.39, 0.29) is 18.2 Å². The Kier molecular flexibility index (Phi) is 8.50. The first-order chi connectivity index (χ1) is 16.5. The van der Waals surface area contributed by atoms with Crippen molar-refractivity contribution in [1.29, 1.82) is 0 Å². The lowest BCUT2D eigenvalue weighted by Gasteiger charge is -2.34. The molecule has 0 heterocycles. The number of amides is 2. The highest BCUT2D eigenvalue weighted by Crippen LogP contribution is 2.19. The van der Waals surface area contributed by atoms with Crippen LogP contribution in [-0.2, 0) is 29.0 Å². The third-order valence-electron chi connectivity index (χ3n) is 6.17. The maximum absolute atomic E-state index is 13.8. The number of carbonyl (C=O) groups is 2. The summed E-state index contributed by atoms with van der Waals surface area (Å²) in [5.41, 5.74) is 6.10. The van der Waals surface area contributed by atoms with Gasteiger partial charge in [0, 0.05) is 18.5 Å². The average Bonchev–Trinajstić information content (AvgIpc) is 2.79. The van der Waals surface area contributed by atoms with Crippen molar-refractivity contribution in [2.45, 2.75) is 72.5 Å². The van der Waals surface area contributed by atoms with E-state index in [0.29, 0.717) is 13.0 Å². The van der Waals surface area contributed by atoms with Gasteiger partial charge >= 0.3 is 0 Å². The molecule has 1 atom stereocenters. The molecular formula is C31H38N2O2. The van der Waals surface area contributed by atoms with Gasteiger partial charge in [-0.25, -0.2) is 0 Å². The van der Waals surface area contributed by atoms with Crippen molar-refractivity contribution in [2.24, 2.45) is 0 Å². The van der Waals surface area contributed by atoms with E-state index >= 15 is 0 Å². The number of nitrogens with one attached hydrogen (secondary N) is 1. The molecule has 0 radical (unpaired) electrons. The van der Waals surface area contributed by atoms with Crippen LogP contribution in [0.15, 0.2) is 72.8 Å². The number of rotatable bonds is 8. The summed E-state index contributed by atoms with van der Waals surface area (Å²) in [5, 5.41) is 3.12. The molecule has 0 aliphatic rings. The molecule has 35 heavy (non-hydrogen) atoms. The van der Waals surface area contributed by atoms with Gasteiger partial charge in [-0.05, 0) is 69.4 Å². The summed E-state index contributed by atoms with van der Waals surface area (Å²) in [7, 11) is 0. The predicted octanol–water partition coefficient (Wildman–Crippen LogP) is 5.71. The topological polar surface area (TPSA) is 49.4 Å². The Bertz CT molecular complexity index is 1140. The molecular weight excluding hydrogens is 432 g/mol. The Labute approximate surface area is 210 Å². The fourth-order valence-electron chi connectivity index (χ4n) is 4.09. The van der Waals surface area contributed by atoms with E-state index in [1.165, 1.54) is 5.56 Å². The maximum atomic E-state index is 13.8. The van der Waals surface area contributed by atoms with Crippen molar-refractivity contribution < 1.29 is 9.59 Å². The summed E-state index contributed by atoms with van der Waals surface area (Å²) in [6, 6.07) is 23.6. The fraction of sp³-hybridized carbons (Fsp3) is 0.355. The van der Waals surface area contributed by atoms with Crippen molar-refractivity contribution in [3.05, 3.63) is 106 Å². The van der Waals surface area contributed by atoms with E-state index in [1.807, 2.05) is 88.4 Å². The second-order valence-corrected chi connectivity index (χ2v) is 10.5. The summed E-state index contributed by atoms with van der Waals surface area (Å²) >= 11 is 0. The van der Waals surface area contributed by atoms with Crippen LogP contribution in [0.1, 0.15) is 54.2 Å². The lowest BCUT2D eigenvalue weighted by molar-refractivity contribution is -0.141. The Balaban J connectivity index is 1.99. The van der Waals surface area contributed by atoms with E-state index in [2.05, 4.69) is 31.3 Å². The largest absolute Gasteiger partial charge is 0.350 e. The van der Waals surface area contributed by atoms with Gasteiger partial charge in [0.1, 0.15) is 6.04 Å². The summed E-state index contributed by atoms with van der Waals surface area (Å²) in [6.07, 6.45) is 0.703. The summed E-state index contributed by atoms with van der Waals surface area (Å²) in [5.74, 6) is -0.194. The fourth-order valence-corrected chi connectivity index (χ4v) is 4.09. The van der Waals surface area contributed by atoms with Crippen LogP contribution in [0.3, 0.4) is 0 Å². The Morgan fingerprint density at radius 2 is 1.43 bits per heavy atom. The Morgan fingerprint density at radius 3 is 2.03 bits per heavy atom. The van der Waals surface area contributed by atoms with Crippen molar-refractivity contribution >= 4 is 11.8 Å². The molecule has 2 amide bonds. The van der Waals surface area contributed by atoms with Crippen molar-refractivity contribution in [1.82, 2.24) is 10.2 Å². The molecule has 3 aromatic rings. The average molecular weight is 471 g/mol. The minimum Gasteiger partial charge on any atom is -0.350 e. The van der Waals surface area contributed by atoms with Gasteiger partial charge in [0.15, 0.2) is 0 Å². The van der Waals surface area contributed by atoms with Crippen LogP contribution in [0.5, 0.6) is 0 Å². The minimum atomic E-state index is -0.628. The first-order valence-electron chi connectivity index (χ1n) is 12.3. The number of hydrogen-bond donors (Lipinski definition) is 1. The van der Waals surface area contributed by atoms with Gasteiger partial charge in [0.2, 0.25) is 11.8 Å². The van der Waals surface area contributed by atoms with E-state index in [9.17, 15) is 9.59 Å². The van der Waals surface area contributed by atoms with Crippen LogP contribution in [0.2, 0.25) is 0 Å². The van der Waals surface area contributed by atoms with Gasteiger partial charge in [-0.2, -0.15) is 0 Å². The van der Waals surface area contributed by atoms with Gasteiger partial charge in [-0.1, -0.05) is 78.4 Å². The van der Waals surface area contributed by atoms with Gasteiger partial charge in [-0.3, -0.25) is 9.59 Å². The van der Waals surface area contributed by atoms with Crippen LogP contribution in [0, 0.1) is 20.8 Å². The van der Waals surface area contributed by atoms with Gasteiger partial charge < -0.3 is 10.2 Å². The molecule has 3 aromatic carbocycles. The standard InChI is InChI=1S/C31H38N2O2/c1-22-12-15-26(16-13-22)21-33(29(34)20-27-17-14-23(2)24(3)18-27)28(30(35)32-31(4,5)6)19-25-10-8-7-9-11-25/h7-18,28H,19-21H2,1-6H3,(H,32,35)/t28-/m0/s1. The summed E-state index contributed by atoms with van der Waals surface area (Å²) in [4.78, 5) is 29.2. The number of carbonyl (C=O) groups excluding carboxylic acids is 2. The molecule has 4 nitrogen and oxygen atoms in total. The van der Waals surface area contributed by atoms with Crippen LogP contribution < -0.4 is 5.32 Å². The molecule has 1 N–H and O–H groups in total. The van der Waals surface area contributed by atoms with E-state index in [0.717, 1.165) is 27.8 Å². The van der Waals surface area contributed by atoms with Crippen molar-refractivity contribution in [2.75, 3.05) is 0 Å². The monoisotopic (exact) mass is 470 g/mol. The number of nitrogens with zero attached hydrogens (tertiary/aromatic N) is 1. The normalized spacial score (nSPS) is 12.2. The highest BCUT2D eigenvalue weighted by atomic mass is 16.2. The minimum absolute atomic E-state index is 0.0566. The molecule has 0 saturated carbocycles. The zero-order valence-corrected chi connectivity index (χ0v) is 21.9. The molecule has 3 rings (SSSR count). The molecule has 0 saturated heterocycles. The molecule has 0 fully saturated rings. The summed E-state index contributed by atoms with van der Waals surface area (Å²) < 4.78 is 0. The summed E-state index contributed by atoms with van der Waals surface area (Å²) in [6.45, 7) is 12.4. The number of aryl methyl sites for hydroxylation is 3. The van der Waals surface area contributed by atoms with Crippen molar-refractivity contribution in [3.63, 3.8) is 0 Å². The Morgan fingerprint density at radius 1 is 0.800 bits per heavy atom. The lowest BCUT2D eigenvalue weighted by Crippen LogP contribution is -2.54. The molecule has 0 spiro atoms. The zero-order valence-electron chi connectivity index (χ0n) is 21.9. The second-order valence-electron chi connectivity index (χ2n) is 10.5. The zero-order chi connectivity index (χ0) is 25.6. The molecule has 0 aliphatic heterocycles. The SMILES string of the molecule is Cc1ccc(CN(C(=O)Cc2ccc(C)c(C)c2)[C@@H](Cc2ccccc2)C(=O)NC(C)(C)C)cc1. The second kappa shape index (κ2) is 11.4. The molecule has 0 aromatic heterocycles. The Hall–Kier alpha value is -3.40. The first-order valence-corrected chi connectivity index (χ1v) is 12.3. The van der Waals surface area contributed by atoms with E-state index in [4.69, 9.17) is 0 Å². The smallest absolute Gasteiger partial charge is 0.243 e. The van der Waals surface area contributed by atoms with Gasteiger partial charge in [0.05, 0.1) is 6.42 Å². The van der Waals surface area contributed by atoms with E-state index in [1.54, 1.807) is 4.90 Å². The van der Waals surface area contributed by atoms with E-state index < -0.39 is 11.6 Å².